The first-order valence-corrected chi connectivity index (χ1v) is 5.01. The molecule has 1 aromatic heterocycles. The molecule has 2 rings (SSSR count). The molecule has 1 aliphatic rings. The van der Waals surface area contributed by atoms with E-state index in [9.17, 15) is 0 Å². The maximum absolute atomic E-state index is 5.88. The van der Waals surface area contributed by atoms with E-state index < -0.39 is 0 Å². The Morgan fingerprint density at radius 2 is 2.46 bits per heavy atom. The molecular weight excluding hydrogens is 162 g/mol. The van der Waals surface area contributed by atoms with Crippen LogP contribution in [0.3, 0.4) is 0 Å². The Balaban J connectivity index is 2.44. The van der Waals surface area contributed by atoms with Gasteiger partial charge in [0.25, 0.3) is 0 Å². The van der Waals surface area contributed by atoms with Gasteiger partial charge in [-0.05, 0) is 26.7 Å². The van der Waals surface area contributed by atoms with Crippen molar-refractivity contribution in [1.82, 2.24) is 9.55 Å². The van der Waals surface area contributed by atoms with E-state index >= 15 is 0 Å². The van der Waals surface area contributed by atoms with Gasteiger partial charge < -0.3 is 10.3 Å². The molecule has 0 aromatic carbocycles. The maximum atomic E-state index is 5.88. The molecule has 2 atom stereocenters. The van der Waals surface area contributed by atoms with E-state index in [1.165, 1.54) is 24.4 Å². The van der Waals surface area contributed by atoms with Crippen LogP contribution >= 0.6 is 0 Å². The van der Waals surface area contributed by atoms with Gasteiger partial charge in [-0.1, -0.05) is 0 Å². The van der Waals surface area contributed by atoms with Gasteiger partial charge in [-0.2, -0.15) is 0 Å². The zero-order valence-corrected chi connectivity index (χ0v) is 8.33. The Bertz CT molecular complexity index is 301. The molecule has 1 aliphatic heterocycles. The number of hydrogen-bond acceptors (Lipinski definition) is 2. The summed E-state index contributed by atoms with van der Waals surface area (Å²) in [4.78, 5) is 4.41. The van der Waals surface area contributed by atoms with E-state index in [1.807, 2.05) is 13.1 Å². The van der Waals surface area contributed by atoms with Crippen molar-refractivity contribution in [2.24, 2.45) is 5.73 Å². The highest BCUT2D eigenvalue weighted by atomic mass is 15.1. The summed E-state index contributed by atoms with van der Waals surface area (Å²) in [5.74, 6) is 1.21. The quantitative estimate of drug-likeness (QED) is 0.714. The number of nitrogens with zero attached hydrogens (tertiary/aromatic N) is 2. The largest absolute Gasteiger partial charge is 0.328 e. The lowest BCUT2D eigenvalue weighted by Crippen LogP contribution is -2.20. The van der Waals surface area contributed by atoms with Gasteiger partial charge in [0.05, 0.1) is 11.9 Å². The third-order valence-electron chi connectivity index (χ3n) is 2.83. The third kappa shape index (κ3) is 1.37. The normalized spacial score (nSPS) is 24.1. The van der Waals surface area contributed by atoms with Crippen LogP contribution in [-0.4, -0.2) is 9.55 Å². The summed E-state index contributed by atoms with van der Waals surface area (Å²) in [6.45, 7) is 4.27. The van der Waals surface area contributed by atoms with Gasteiger partial charge in [-0.15, -0.1) is 0 Å². The number of hydrogen-bond donors (Lipinski definition) is 1. The van der Waals surface area contributed by atoms with Gasteiger partial charge in [0.15, 0.2) is 0 Å². The van der Waals surface area contributed by atoms with Crippen molar-refractivity contribution in [1.29, 1.82) is 0 Å². The Morgan fingerprint density at radius 1 is 1.69 bits per heavy atom. The number of fused-ring (bicyclic) bond motifs is 1. The summed E-state index contributed by atoms with van der Waals surface area (Å²) in [6.07, 6.45) is 5.55. The molecule has 0 amide bonds. The molecule has 72 valence electrons. The van der Waals surface area contributed by atoms with Crippen molar-refractivity contribution in [3.8, 4) is 0 Å². The van der Waals surface area contributed by atoms with Gasteiger partial charge in [0.1, 0.15) is 5.82 Å². The molecule has 13 heavy (non-hydrogen) atoms. The van der Waals surface area contributed by atoms with Crippen LogP contribution in [0.15, 0.2) is 6.20 Å². The van der Waals surface area contributed by atoms with Gasteiger partial charge in [-0.25, -0.2) is 4.98 Å². The molecule has 0 saturated heterocycles. The van der Waals surface area contributed by atoms with E-state index in [-0.39, 0.29) is 6.04 Å². The molecule has 1 aromatic rings. The van der Waals surface area contributed by atoms with Gasteiger partial charge >= 0.3 is 0 Å². The van der Waals surface area contributed by atoms with E-state index in [4.69, 9.17) is 5.73 Å². The van der Waals surface area contributed by atoms with Crippen LogP contribution < -0.4 is 5.73 Å². The summed E-state index contributed by atoms with van der Waals surface area (Å²) in [5.41, 5.74) is 7.07. The molecule has 2 N–H and O–H groups in total. The molecule has 0 saturated carbocycles. The summed E-state index contributed by atoms with van der Waals surface area (Å²) in [7, 11) is 0. The topological polar surface area (TPSA) is 43.8 Å². The fourth-order valence-electron chi connectivity index (χ4n) is 2.13. The van der Waals surface area contributed by atoms with E-state index in [0.717, 1.165) is 6.42 Å². The molecule has 0 spiro atoms. The monoisotopic (exact) mass is 179 g/mol. The molecular formula is C10H17N3. The van der Waals surface area contributed by atoms with E-state index in [2.05, 4.69) is 16.5 Å². The number of rotatable bonds is 1. The molecule has 2 unspecified atom stereocenters. The highest BCUT2D eigenvalue weighted by Gasteiger charge is 2.20. The van der Waals surface area contributed by atoms with Crippen LogP contribution in [0.2, 0.25) is 0 Å². The van der Waals surface area contributed by atoms with Gasteiger partial charge in [0, 0.05) is 18.5 Å². The minimum Gasteiger partial charge on any atom is -0.328 e. The number of aryl methyl sites for hydroxylation is 1. The zero-order chi connectivity index (χ0) is 9.42. The van der Waals surface area contributed by atoms with Gasteiger partial charge in [-0.3, -0.25) is 0 Å². The maximum Gasteiger partial charge on any atom is 0.109 e. The first-order valence-electron chi connectivity index (χ1n) is 5.01. The van der Waals surface area contributed by atoms with Crippen LogP contribution in [0.1, 0.15) is 50.3 Å². The highest BCUT2D eigenvalue weighted by molar-refractivity contribution is 5.12. The Labute approximate surface area is 79.0 Å². The minimum atomic E-state index is 0.0989. The fraction of sp³-hybridized carbons (Fsp3) is 0.700. The summed E-state index contributed by atoms with van der Waals surface area (Å²) in [5, 5.41) is 0. The van der Waals surface area contributed by atoms with Crippen LogP contribution in [0, 0.1) is 0 Å². The van der Waals surface area contributed by atoms with Crippen molar-refractivity contribution in [2.45, 2.75) is 45.2 Å². The van der Waals surface area contributed by atoms with Crippen molar-refractivity contribution in [2.75, 3.05) is 0 Å². The molecule has 0 aliphatic carbocycles. The summed E-state index contributed by atoms with van der Waals surface area (Å²) >= 11 is 0. The fourth-order valence-corrected chi connectivity index (χ4v) is 2.13. The lowest BCUT2D eigenvalue weighted by molar-refractivity contribution is 0.408. The number of nitrogens with two attached hydrogens (primary N) is 1. The van der Waals surface area contributed by atoms with E-state index in [1.54, 1.807) is 0 Å². The second-order valence-corrected chi connectivity index (χ2v) is 4.00. The first kappa shape index (κ1) is 8.75. The minimum absolute atomic E-state index is 0.0989. The average molecular weight is 179 g/mol. The first-order chi connectivity index (χ1) is 6.20. The SMILES string of the molecule is CC(N)c1cnc2n1C(C)CCC2. The van der Waals surface area contributed by atoms with Crippen LogP contribution in [0.4, 0.5) is 0 Å². The van der Waals surface area contributed by atoms with Crippen molar-refractivity contribution in [3.63, 3.8) is 0 Å². The molecule has 3 heteroatoms. The molecule has 3 nitrogen and oxygen atoms in total. The van der Waals surface area contributed by atoms with E-state index in [0.29, 0.717) is 6.04 Å². The van der Waals surface area contributed by atoms with Crippen molar-refractivity contribution < 1.29 is 0 Å². The van der Waals surface area contributed by atoms with Crippen molar-refractivity contribution in [3.05, 3.63) is 17.7 Å². The Morgan fingerprint density at radius 3 is 3.15 bits per heavy atom. The second-order valence-electron chi connectivity index (χ2n) is 4.00. The van der Waals surface area contributed by atoms with Gasteiger partial charge in [0.2, 0.25) is 0 Å². The lowest BCUT2D eigenvalue weighted by Gasteiger charge is -2.24. The third-order valence-corrected chi connectivity index (χ3v) is 2.83. The van der Waals surface area contributed by atoms with Crippen LogP contribution in [0.25, 0.3) is 0 Å². The smallest absolute Gasteiger partial charge is 0.109 e. The molecule has 0 bridgehead atoms. The number of imidazole rings is 1. The number of aromatic nitrogens is 2. The zero-order valence-electron chi connectivity index (χ0n) is 8.33. The predicted octanol–water partition coefficient (Wildman–Crippen LogP) is 1.80. The Hall–Kier alpha value is -0.830. The highest BCUT2D eigenvalue weighted by Crippen LogP contribution is 2.27. The lowest BCUT2D eigenvalue weighted by atomic mass is 10.1. The summed E-state index contributed by atoms with van der Waals surface area (Å²) < 4.78 is 2.31. The second kappa shape index (κ2) is 3.14. The molecule has 2 heterocycles. The average Bonchev–Trinajstić information content (AvgIpc) is 2.49. The van der Waals surface area contributed by atoms with Crippen molar-refractivity contribution >= 4 is 0 Å². The Kier molecular flexibility index (Phi) is 2.12. The molecule has 0 fully saturated rings. The predicted molar refractivity (Wildman–Crippen MR) is 52.5 cm³/mol. The summed E-state index contributed by atoms with van der Waals surface area (Å²) in [6, 6.07) is 0.675. The standard InChI is InChI=1S/C10H17N3/c1-7-4-3-5-10-12-6-9(8(2)11)13(7)10/h6-8H,3-5,11H2,1-2H3. The van der Waals surface area contributed by atoms with Crippen LogP contribution in [0.5, 0.6) is 0 Å². The van der Waals surface area contributed by atoms with Crippen LogP contribution in [-0.2, 0) is 6.42 Å². The molecule has 0 radical (unpaired) electrons.